The fourth-order valence-corrected chi connectivity index (χ4v) is 0. The molecule has 0 fully saturated rings. The van der Waals surface area contributed by atoms with Crippen LogP contribution in [0.1, 0.15) is 6.92 Å². The average Bonchev–Trinajstić information content (AvgIpc) is 1.41. The van der Waals surface area contributed by atoms with E-state index in [0.29, 0.717) is 0 Å². The van der Waals surface area contributed by atoms with Crippen LogP contribution in [0, 0.1) is 0 Å². The van der Waals surface area contributed by atoms with Crippen LogP contribution in [0.15, 0.2) is 0 Å². The molecule has 0 unspecified atom stereocenters. The second-order valence-corrected chi connectivity index (χ2v) is 0.492. The zero-order chi connectivity index (χ0) is 5.58. The summed E-state index contributed by atoms with van der Waals surface area (Å²) in [6.07, 6.45) is 0. The van der Waals surface area contributed by atoms with Crippen LogP contribution in [-0.4, -0.2) is 5.97 Å². The van der Waals surface area contributed by atoms with Crippen molar-refractivity contribution >= 4 is 16.1 Å². The fraction of sp³-hybridized carbons (Fsp3) is 0.500. The summed E-state index contributed by atoms with van der Waals surface area (Å²) in [5.74, 6) is -1.08. The van der Waals surface area contributed by atoms with Gasteiger partial charge in [-0.25, -0.2) is 0 Å². The van der Waals surface area contributed by atoms with Gasteiger partial charge in [-0.15, -0.1) is 0 Å². The molecule has 0 aromatic carbocycles. The van der Waals surface area contributed by atoms with Gasteiger partial charge in [0.1, 0.15) is 0 Å². The van der Waals surface area contributed by atoms with E-state index in [1.165, 1.54) is 0 Å². The Morgan fingerprint density at radius 2 is 1.71 bits per heavy atom. The van der Waals surface area contributed by atoms with E-state index in [1.54, 1.807) is 0 Å². The molecule has 0 aliphatic heterocycles. The number of rotatable bonds is 0. The summed E-state index contributed by atoms with van der Waals surface area (Å²) in [7, 11) is 4.45. The van der Waals surface area contributed by atoms with Gasteiger partial charge in [0.2, 0.25) is 0 Å². The van der Waals surface area contributed by atoms with E-state index in [-0.39, 0.29) is 29.6 Å². The van der Waals surface area contributed by atoms with Crippen LogP contribution in [0.3, 0.4) is 0 Å². The van der Waals surface area contributed by atoms with Gasteiger partial charge in [-0.2, -0.15) is 0 Å². The van der Waals surface area contributed by atoms with E-state index in [2.05, 4.69) is 25.2 Å². The smallest absolute Gasteiger partial charge is 1.00 e. The Labute approximate surface area is 76.9 Å². The number of carbonyl (C=O) groups excluding carboxylic acids is 1. The first-order valence-electron chi connectivity index (χ1n) is 1.05. The molecular formula is C2H3ClMnNaO2. The quantitative estimate of drug-likeness (QED) is 0.355. The summed E-state index contributed by atoms with van der Waals surface area (Å²) < 4.78 is 0. The van der Waals surface area contributed by atoms with Crippen LogP contribution in [0.4, 0.5) is 0 Å². The number of hydrogen-bond acceptors (Lipinski definition) is 2. The van der Waals surface area contributed by atoms with Gasteiger partial charge < -0.3 is 9.90 Å². The summed E-state index contributed by atoms with van der Waals surface area (Å²) in [6.45, 7) is 0.972. The van der Waals surface area contributed by atoms with E-state index >= 15 is 0 Å². The predicted molar refractivity (Wildman–Crippen MR) is 16.5 cm³/mol. The summed E-state index contributed by atoms with van der Waals surface area (Å²) in [5.41, 5.74) is 0. The molecule has 0 atom stereocenters. The molecule has 0 heterocycles. The second kappa shape index (κ2) is 15.7. The van der Waals surface area contributed by atoms with Gasteiger partial charge in [-0.05, 0) is 6.92 Å². The molecule has 0 aliphatic rings. The minimum absolute atomic E-state index is 0. The molecule has 0 aliphatic carbocycles. The van der Waals surface area contributed by atoms with E-state index < -0.39 is 5.97 Å². The van der Waals surface area contributed by atoms with Crippen molar-refractivity contribution in [3.63, 3.8) is 0 Å². The number of halogens is 1. The van der Waals surface area contributed by atoms with Gasteiger partial charge in [-0.3, -0.25) is 0 Å². The number of carbonyl (C=O) groups is 1. The van der Waals surface area contributed by atoms with Crippen molar-refractivity contribution in [2.24, 2.45) is 0 Å². The topological polar surface area (TPSA) is 40.1 Å². The van der Waals surface area contributed by atoms with Gasteiger partial charge >= 0.3 is 54.8 Å². The van der Waals surface area contributed by atoms with E-state index in [1.807, 2.05) is 0 Å². The largest absolute Gasteiger partial charge is 1.00 e. The first kappa shape index (κ1) is 15.7. The van der Waals surface area contributed by atoms with Crippen molar-refractivity contribution in [2.45, 2.75) is 6.92 Å². The molecule has 0 rings (SSSR count). The molecule has 0 N–H and O–H groups in total. The standard InChI is InChI=1S/C2H4O2.ClH.Mn.Na/c1-2(3)4;;;/h1H3,(H,3,4);1H;;/q;;2*+1/p-2. The molecule has 2 nitrogen and oxygen atoms in total. The van der Waals surface area contributed by atoms with Gasteiger partial charge in [0, 0.05) is 5.97 Å². The normalized spacial score (nSPS) is 4.43. The third kappa shape index (κ3) is 124. The van der Waals surface area contributed by atoms with Crippen molar-refractivity contribution < 1.29 is 54.6 Å². The van der Waals surface area contributed by atoms with Crippen molar-refractivity contribution in [3.05, 3.63) is 0 Å². The first-order valence-corrected chi connectivity index (χ1v) is 2.68. The monoisotopic (exact) mass is 172 g/mol. The number of aliphatic carboxylic acids is 1. The van der Waals surface area contributed by atoms with Crippen LogP contribution in [0.5, 0.6) is 0 Å². The summed E-state index contributed by atoms with van der Waals surface area (Å²) in [5, 5.41) is 8.89. The number of carboxylic acid groups (broad SMARTS) is 1. The fourth-order valence-electron chi connectivity index (χ4n) is 0. The molecule has 0 bridgehead atoms. The van der Waals surface area contributed by atoms with E-state index in [9.17, 15) is 0 Å². The van der Waals surface area contributed by atoms with Crippen LogP contribution in [0.25, 0.3) is 0 Å². The molecule has 0 radical (unpaired) electrons. The molecule has 0 saturated carbocycles. The Hall–Kier alpha value is 1.28. The Morgan fingerprint density at radius 1 is 1.71 bits per heavy atom. The van der Waals surface area contributed by atoms with Crippen LogP contribution in [-0.2, 0) is 19.9 Å². The van der Waals surface area contributed by atoms with Gasteiger partial charge in [0.25, 0.3) is 0 Å². The van der Waals surface area contributed by atoms with Crippen LogP contribution >= 0.6 is 10.1 Å². The summed E-state index contributed by atoms with van der Waals surface area (Å²) >= 11 is 2.41. The SMILES string of the molecule is CC(=O)[O-].[Cl][Mn].[Na+]. The zero-order valence-corrected chi connectivity index (χ0v) is 8.01. The molecule has 0 amide bonds. The third-order valence-corrected chi connectivity index (χ3v) is 0. The van der Waals surface area contributed by atoms with Crippen molar-refractivity contribution in [1.29, 1.82) is 0 Å². The summed E-state index contributed by atoms with van der Waals surface area (Å²) in [4.78, 5) is 8.89. The first-order chi connectivity index (χ1) is 2.73. The second-order valence-electron chi connectivity index (χ2n) is 0.492. The minimum Gasteiger partial charge on any atom is 1.00 e. The Morgan fingerprint density at radius 3 is 1.71 bits per heavy atom. The summed E-state index contributed by atoms with van der Waals surface area (Å²) in [6, 6.07) is 0. The van der Waals surface area contributed by atoms with E-state index in [4.69, 9.17) is 9.90 Å². The Kier molecular flexibility index (Phi) is 35.2. The maximum Gasteiger partial charge on any atom is 1.00 e. The molecule has 38 valence electrons. The van der Waals surface area contributed by atoms with E-state index in [0.717, 1.165) is 6.92 Å². The van der Waals surface area contributed by atoms with Crippen molar-refractivity contribution in [2.75, 3.05) is 0 Å². The average molecular weight is 172 g/mol. The maximum atomic E-state index is 8.89. The third-order valence-electron chi connectivity index (χ3n) is 0. The zero-order valence-electron chi connectivity index (χ0n) is 4.07. The number of carboxylic acids is 1. The molecule has 0 aromatic heterocycles. The maximum absolute atomic E-state index is 8.89. The Bertz CT molecular complexity index is 38.7. The van der Waals surface area contributed by atoms with Crippen molar-refractivity contribution in [1.82, 2.24) is 0 Å². The Balaban J connectivity index is -0.0000000480. The molecular weight excluding hydrogens is 169 g/mol. The minimum atomic E-state index is -1.08. The molecule has 0 spiro atoms. The van der Waals surface area contributed by atoms with Gasteiger partial charge in [0.15, 0.2) is 0 Å². The molecule has 5 heteroatoms. The van der Waals surface area contributed by atoms with Gasteiger partial charge in [0.05, 0.1) is 0 Å². The van der Waals surface area contributed by atoms with Crippen LogP contribution in [0.2, 0.25) is 0 Å². The molecule has 0 saturated heterocycles. The molecule has 7 heavy (non-hydrogen) atoms. The van der Waals surface area contributed by atoms with Crippen LogP contribution < -0.4 is 34.7 Å². The predicted octanol–water partition coefficient (Wildman–Crippen LogP) is -3.55. The van der Waals surface area contributed by atoms with Crippen molar-refractivity contribution in [3.8, 4) is 0 Å². The molecule has 0 aromatic rings. The van der Waals surface area contributed by atoms with Gasteiger partial charge in [-0.1, -0.05) is 0 Å². The number of hydrogen-bond donors (Lipinski definition) is 0.